The Morgan fingerprint density at radius 3 is 1.90 bits per heavy atom. The van der Waals surface area contributed by atoms with Crippen LogP contribution in [0.15, 0.2) is 60.7 Å². The molecule has 0 fully saturated rings. The van der Waals surface area contributed by atoms with E-state index in [1.807, 2.05) is 18.2 Å². The predicted octanol–water partition coefficient (Wildman–Crippen LogP) is 4.52. The molecule has 0 bridgehead atoms. The Balaban J connectivity index is 2.14. The summed E-state index contributed by atoms with van der Waals surface area (Å²) in [6.07, 6.45) is 0. The van der Waals surface area contributed by atoms with Gasteiger partial charge in [-0.2, -0.15) is 0 Å². The molecule has 3 rings (SSSR count). The zero-order chi connectivity index (χ0) is 13.9. The molecular weight excluding hydrogens is 248 g/mol. The lowest BCUT2D eigenvalue weighted by Gasteiger charge is -2.09. The van der Waals surface area contributed by atoms with Crippen LogP contribution in [-0.2, 0) is 0 Å². The van der Waals surface area contributed by atoms with Crippen LogP contribution in [0.25, 0.3) is 21.9 Å². The average Bonchev–Trinajstić information content (AvgIpc) is 2.53. The Kier molecular flexibility index (Phi) is 3.30. The zero-order valence-electron chi connectivity index (χ0n) is 11.6. The Morgan fingerprint density at radius 2 is 1.25 bits per heavy atom. The van der Waals surface area contributed by atoms with Crippen molar-refractivity contribution in [3.63, 3.8) is 0 Å². The first-order valence-electron chi connectivity index (χ1n) is 6.52. The van der Waals surface area contributed by atoms with E-state index in [1.165, 1.54) is 10.8 Å². The number of ether oxygens (including phenoxy) is 2. The SMILES string of the molecule is COc1cc(OC)cc(-c2ccc3ccccc3c2)c1. The molecule has 20 heavy (non-hydrogen) atoms. The van der Waals surface area contributed by atoms with Crippen LogP contribution in [0.3, 0.4) is 0 Å². The summed E-state index contributed by atoms with van der Waals surface area (Å²) in [6, 6.07) is 20.7. The third kappa shape index (κ3) is 2.32. The smallest absolute Gasteiger partial charge is 0.123 e. The molecule has 3 aromatic carbocycles. The van der Waals surface area contributed by atoms with E-state index in [1.54, 1.807) is 14.2 Å². The van der Waals surface area contributed by atoms with Crippen LogP contribution in [0, 0.1) is 0 Å². The van der Waals surface area contributed by atoms with Gasteiger partial charge in [0.1, 0.15) is 11.5 Å². The van der Waals surface area contributed by atoms with E-state index in [4.69, 9.17) is 9.47 Å². The summed E-state index contributed by atoms with van der Waals surface area (Å²) in [5, 5.41) is 2.47. The molecule has 0 aliphatic rings. The second-order valence-corrected chi connectivity index (χ2v) is 4.66. The highest BCUT2D eigenvalue weighted by Crippen LogP contribution is 2.31. The Bertz CT molecular complexity index is 725. The van der Waals surface area contributed by atoms with Gasteiger partial charge in [-0.25, -0.2) is 0 Å². The van der Waals surface area contributed by atoms with E-state index in [9.17, 15) is 0 Å². The fourth-order valence-electron chi connectivity index (χ4n) is 2.34. The Labute approximate surface area is 118 Å². The normalized spacial score (nSPS) is 10.5. The quantitative estimate of drug-likeness (QED) is 0.692. The molecule has 0 unspecified atom stereocenters. The van der Waals surface area contributed by atoms with Crippen molar-refractivity contribution in [1.82, 2.24) is 0 Å². The lowest BCUT2D eigenvalue weighted by atomic mass is 10.0. The molecule has 0 heterocycles. The van der Waals surface area contributed by atoms with Crippen molar-refractivity contribution < 1.29 is 9.47 Å². The highest BCUT2D eigenvalue weighted by molar-refractivity contribution is 5.87. The van der Waals surface area contributed by atoms with E-state index in [0.29, 0.717) is 0 Å². The minimum absolute atomic E-state index is 0.799. The molecule has 2 heteroatoms. The van der Waals surface area contributed by atoms with Gasteiger partial charge in [-0.3, -0.25) is 0 Å². The van der Waals surface area contributed by atoms with Crippen LogP contribution < -0.4 is 9.47 Å². The standard InChI is InChI=1S/C18H16O2/c1-19-17-10-16(11-18(12-17)20-2)15-8-7-13-5-3-4-6-14(13)9-15/h3-12H,1-2H3. The van der Waals surface area contributed by atoms with Gasteiger partial charge in [0.15, 0.2) is 0 Å². The fraction of sp³-hybridized carbons (Fsp3) is 0.111. The van der Waals surface area contributed by atoms with Gasteiger partial charge in [-0.15, -0.1) is 0 Å². The number of hydrogen-bond donors (Lipinski definition) is 0. The van der Waals surface area contributed by atoms with Gasteiger partial charge in [-0.05, 0) is 40.1 Å². The van der Waals surface area contributed by atoms with Crippen LogP contribution in [0.1, 0.15) is 0 Å². The minimum Gasteiger partial charge on any atom is -0.497 e. The molecule has 0 aromatic heterocycles. The maximum Gasteiger partial charge on any atom is 0.123 e. The van der Waals surface area contributed by atoms with Crippen molar-refractivity contribution in [2.75, 3.05) is 14.2 Å². The molecule has 0 spiro atoms. The lowest BCUT2D eigenvalue weighted by molar-refractivity contribution is 0.394. The van der Waals surface area contributed by atoms with Crippen molar-refractivity contribution in [2.45, 2.75) is 0 Å². The zero-order valence-corrected chi connectivity index (χ0v) is 11.6. The first kappa shape index (κ1) is 12.5. The van der Waals surface area contributed by atoms with E-state index in [0.717, 1.165) is 22.6 Å². The third-order valence-electron chi connectivity index (χ3n) is 3.43. The molecule has 100 valence electrons. The van der Waals surface area contributed by atoms with E-state index < -0.39 is 0 Å². The maximum absolute atomic E-state index is 5.33. The molecule has 0 N–H and O–H groups in total. The van der Waals surface area contributed by atoms with Crippen molar-refractivity contribution in [3.05, 3.63) is 60.7 Å². The molecule has 2 nitrogen and oxygen atoms in total. The van der Waals surface area contributed by atoms with E-state index in [2.05, 4.69) is 42.5 Å². The van der Waals surface area contributed by atoms with Crippen LogP contribution in [0.2, 0.25) is 0 Å². The predicted molar refractivity (Wildman–Crippen MR) is 82.5 cm³/mol. The minimum atomic E-state index is 0.799. The van der Waals surface area contributed by atoms with Crippen molar-refractivity contribution >= 4 is 10.8 Å². The molecule has 0 amide bonds. The second kappa shape index (κ2) is 5.25. The van der Waals surface area contributed by atoms with Gasteiger partial charge in [0.25, 0.3) is 0 Å². The fourth-order valence-corrected chi connectivity index (χ4v) is 2.34. The Morgan fingerprint density at radius 1 is 0.600 bits per heavy atom. The van der Waals surface area contributed by atoms with Crippen molar-refractivity contribution in [1.29, 1.82) is 0 Å². The summed E-state index contributed by atoms with van der Waals surface area (Å²) >= 11 is 0. The monoisotopic (exact) mass is 264 g/mol. The van der Waals surface area contributed by atoms with Crippen LogP contribution in [0.4, 0.5) is 0 Å². The van der Waals surface area contributed by atoms with Gasteiger partial charge in [-0.1, -0.05) is 36.4 Å². The molecule has 0 saturated heterocycles. The summed E-state index contributed by atoms with van der Waals surface area (Å²) in [5.74, 6) is 1.60. The number of benzene rings is 3. The largest absolute Gasteiger partial charge is 0.497 e. The third-order valence-corrected chi connectivity index (χ3v) is 3.43. The number of rotatable bonds is 3. The van der Waals surface area contributed by atoms with Gasteiger partial charge in [0.2, 0.25) is 0 Å². The lowest BCUT2D eigenvalue weighted by Crippen LogP contribution is -1.89. The Hall–Kier alpha value is -2.48. The summed E-state index contributed by atoms with van der Waals surface area (Å²) < 4.78 is 10.7. The number of methoxy groups -OCH3 is 2. The first-order chi connectivity index (χ1) is 9.80. The van der Waals surface area contributed by atoms with Crippen LogP contribution >= 0.6 is 0 Å². The molecule has 0 aliphatic carbocycles. The van der Waals surface area contributed by atoms with E-state index >= 15 is 0 Å². The molecule has 0 radical (unpaired) electrons. The second-order valence-electron chi connectivity index (χ2n) is 4.66. The summed E-state index contributed by atoms with van der Waals surface area (Å²) in [4.78, 5) is 0. The van der Waals surface area contributed by atoms with Gasteiger partial charge in [0.05, 0.1) is 14.2 Å². The maximum atomic E-state index is 5.33. The first-order valence-corrected chi connectivity index (χ1v) is 6.52. The average molecular weight is 264 g/mol. The topological polar surface area (TPSA) is 18.5 Å². The molecule has 0 atom stereocenters. The van der Waals surface area contributed by atoms with Crippen molar-refractivity contribution in [3.8, 4) is 22.6 Å². The molecular formula is C18H16O2. The highest BCUT2D eigenvalue weighted by Gasteiger charge is 2.05. The summed E-state index contributed by atoms with van der Waals surface area (Å²) in [5.41, 5.74) is 2.24. The highest BCUT2D eigenvalue weighted by atomic mass is 16.5. The summed E-state index contributed by atoms with van der Waals surface area (Å²) in [7, 11) is 3.33. The molecule has 3 aromatic rings. The van der Waals surface area contributed by atoms with Gasteiger partial charge >= 0.3 is 0 Å². The number of fused-ring (bicyclic) bond motifs is 1. The number of hydrogen-bond acceptors (Lipinski definition) is 2. The van der Waals surface area contributed by atoms with Crippen molar-refractivity contribution in [2.24, 2.45) is 0 Å². The molecule has 0 aliphatic heterocycles. The van der Waals surface area contributed by atoms with Crippen LogP contribution in [0.5, 0.6) is 11.5 Å². The van der Waals surface area contributed by atoms with Gasteiger partial charge < -0.3 is 9.47 Å². The van der Waals surface area contributed by atoms with Gasteiger partial charge in [0, 0.05) is 6.07 Å². The molecule has 0 saturated carbocycles. The van der Waals surface area contributed by atoms with Crippen LogP contribution in [-0.4, -0.2) is 14.2 Å². The summed E-state index contributed by atoms with van der Waals surface area (Å²) in [6.45, 7) is 0. The van der Waals surface area contributed by atoms with E-state index in [-0.39, 0.29) is 0 Å².